The van der Waals surface area contributed by atoms with Crippen LogP contribution in [0.5, 0.6) is 5.75 Å². The first-order valence-corrected chi connectivity index (χ1v) is 8.77. The number of carbonyl (C=O) groups excluding carboxylic acids is 1. The van der Waals surface area contributed by atoms with Crippen LogP contribution in [0.2, 0.25) is 0 Å². The minimum atomic E-state index is -0.190. The Kier molecular flexibility index (Phi) is 5.93. The number of benzene rings is 1. The second kappa shape index (κ2) is 8.17. The Hall–Kier alpha value is -1.63. The molecule has 2 aliphatic rings. The van der Waals surface area contributed by atoms with Gasteiger partial charge in [0.2, 0.25) is 5.91 Å². The van der Waals surface area contributed by atoms with E-state index in [4.69, 9.17) is 18.9 Å². The summed E-state index contributed by atoms with van der Waals surface area (Å²) in [5.41, 5.74) is 2.20. The fraction of sp³-hybridized carbons (Fsp3) is 0.632. The van der Waals surface area contributed by atoms with E-state index in [-0.39, 0.29) is 24.2 Å². The zero-order valence-electron chi connectivity index (χ0n) is 15.2. The number of likely N-dealkylation sites (N-methyl/N-ethyl adjacent to an activating group) is 1. The van der Waals surface area contributed by atoms with Gasteiger partial charge < -0.3 is 23.8 Å². The maximum atomic E-state index is 12.8. The van der Waals surface area contributed by atoms with Crippen molar-refractivity contribution in [2.24, 2.45) is 0 Å². The fourth-order valence-electron chi connectivity index (χ4n) is 3.59. The van der Waals surface area contributed by atoms with Crippen LogP contribution in [0.25, 0.3) is 0 Å². The van der Waals surface area contributed by atoms with Crippen LogP contribution in [-0.2, 0) is 31.8 Å². The minimum absolute atomic E-state index is 0.0454. The molecule has 0 bridgehead atoms. The fourth-order valence-corrected chi connectivity index (χ4v) is 3.59. The highest BCUT2D eigenvalue weighted by Gasteiger charge is 2.38. The maximum absolute atomic E-state index is 12.8. The first kappa shape index (κ1) is 18.2. The molecule has 0 N–H and O–H groups in total. The SMILES string of the molecule is CO[C@H]1[C@H](N(C)C(=O)Cc2ccc3c(c2)CCCO3)COC[C@H]1OC. The normalized spacial score (nSPS) is 25.8. The van der Waals surface area contributed by atoms with Gasteiger partial charge in [-0.15, -0.1) is 0 Å². The molecule has 2 aliphatic heterocycles. The molecule has 0 unspecified atom stereocenters. The molecule has 1 saturated heterocycles. The van der Waals surface area contributed by atoms with Gasteiger partial charge in [-0.25, -0.2) is 0 Å². The van der Waals surface area contributed by atoms with Crippen molar-refractivity contribution in [1.29, 1.82) is 0 Å². The molecule has 0 saturated carbocycles. The Morgan fingerprint density at radius 1 is 1.28 bits per heavy atom. The third-order valence-electron chi connectivity index (χ3n) is 5.11. The number of ether oxygens (including phenoxy) is 4. The third kappa shape index (κ3) is 3.97. The average molecular weight is 349 g/mol. The van der Waals surface area contributed by atoms with Crippen LogP contribution in [0, 0.1) is 0 Å². The molecule has 1 aromatic carbocycles. The molecule has 1 amide bonds. The van der Waals surface area contributed by atoms with E-state index >= 15 is 0 Å². The van der Waals surface area contributed by atoms with E-state index in [9.17, 15) is 4.79 Å². The number of amides is 1. The molecular weight excluding hydrogens is 322 g/mol. The van der Waals surface area contributed by atoms with E-state index in [0.717, 1.165) is 30.8 Å². The van der Waals surface area contributed by atoms with E-state index in [1.54, 1.807) is 19.1 Å². The van der Waals surface area contributed by atoms with Crippen molar-refractivity contribution < 1.29 is 23.7 Å². The summed E-state index contributed by atoms with van der Waals surface area (Å²) in [6.45, 7) is 1.71. The van der Waals surface area contributed by atoms with Crippen molar-refractivity contribution in [3.8, 4) is 5.75 Å². The number of aryl methyl sites for hydroxylation is 1. The minimum Gasteiger partial charge on any atom is -0.493 e. The standard InChI is InChI=1S/C19H27NO5/c1-20(15-11-24-12-17(22-2)19(15)23-3)18(21)10-13-6-7-16-14(9-13)5-4-8-25-16/h6-7,9,15,17,19H,4-5,8,10-12H2,1-3H3/t15-,17-,19+/m1/s1. The number of carbonyl (C=O) groups is 1. The lowest BCUT2D eigenvalue weighted by Gasteiger charge is -2.40. The Labute approximate surface area is 149 Å². The van der Waals surface area contributed by atoms with Crippen molar-refractivity contribution in [2.75, 3.05) is 41.1 Å². The van der Waals surface area contributed by atoms with Crippen LogP contribution in [0.3, 0.4) is 0 Å². The number of hydrogen-bond acceptors (Lipinski definition) is 5. The van der Waals surface area contributed by atoms with E-state index in [1.165, 1.54) is 5.56 Å². The van der Waals surface area contributed by atoms with Gasteiger partial charge in [0.05, 0.1) is 32.3 Å². The molecule has 6 nitrogen and oxygen atoms in total. The molecule has 1 aromatic rings. The lowest BCUT2D eigenvalue weighted by molar-refractivity contribution is -0.164. The van der Waals surface area contributed by atoms with Gasteiger partial charge in [-0.3, -0.25) is 4.79 Å². The van der Waals surface area contributed by atoms with Crippen molar-refractivity contribution in [2.45, 2.75) is 37.5 Å². The van der Waals surface area contributed by atoms with E-state index < -0.39 is 0 Å². The Morgan fingerprint density at radius 2 is 2.12 bits per heavy atom. The number of nitrogens with zero attached hydrogens (tertiary/aromatic N) is 1. The maximum Gasteiger partial charge on any atom is 0.227 e. The monoisotopic (exact) mass is 349 g/mol. The van der Waals surface area contributed by atoms with Gasteiger partial charge in [0.1, 0.15) is 18.0 Å². The Morgan fingerprint density at radius 3 is 2.88 bits per heavy atom. The van der Waals surface area contributed by atoms with Crippen LogP contribution in [-0.4, -0.2) is 70.1 Å². The van der Waals surface area contributed by atoms with Crippen molar-refractivity contribution >= 4 is 5.91 Å². The van der Waals surface area contributed by atoms with Crippen molar-refractivity contribution in [3.05, 3.63) is 29.3 Å². The van der Waals surface area contributed by atoms with Gasteiger partial charge in [0, 0.05) is 21.3 Å². The molecule has 0 aliphatic carbocycles. The summed E-state index contributed by atoms with van der Waals surface area (Å²) in [5.74, 6) is 0.989. The third-order valence-corrected chi connectivity index (χ3v) is 5.11. The van der Waals surface area contributed by atoms with E-state index in [1.807, 2.05) is 19.2 Å². The molecule has 1 fully saturated rings. The topological polar surface area (TPSA) is 57.2 Å². The number of rotatable bonds is 5. The molecule has 6 heteroatoms. The zero-order valence-corrected chi connectivity index (χ0v) is 15.2. The molecule has 3 rings (SSSR count). The number of fused-ring (bicyclic) bond motifs is 1. The van der Waals surface area contributed by atoms with Gasteiger partial charge in [-0.1, -0.05) is 12.1 Å². The smallest absolute Gasteiger partial charge is 0.227 e. The van der Waals surface area contributed by atoms with Gasteiger partial charge in [-0.2, -0.15) is 0 Å². The summed E-state index contributed by atoms with van der Waals surface area (Å²) in [6.07, 6.45) is 2.03. The van der Waals surface area contributed by atoms with Gasteiger partial charge in [0.15, 0.2) is 0 Å². The summed E-state index contributed by atoms with van der Waals surface area (Å²) in [5, 5.41) is 0. The second-order valence-electron chi connectivity index (χ2n) is 6.65. The van der Waals surface area contributed by atoms with Crippen molar-refractivity contribution in [3.63, 3.8) is 0 Å². The molecule has 25 heavy (non-hydrogen) atoms. The lowest BCUT2D eigenvalue weighted by atomic mass is 9.99. The van der Waals surface area contributed by atoms with Crippen molar-refractivity contribution in [1.82, 2.24) is 4.90 Å². The molecule has 0 spiro atoms. The van der Waals surface area contributed by atoms with Crippen LogP contribution >= 0.6 is 0 Å². The molecular formula is C19H27NO5. The highest BCUT2D eigenvalue weighted by molar-refractivity contribution is 5.79. The predicted molar refractivity (Wildman–Crippen MR) is 92.9 cm³/mol. The number of hydrogen-bond donors (Lipinski definition) is 0. The highest BCUT2D eigenvalue weighted by atomic mass is 16.6. The molecule has 2 heterocycles. The van der Waals surface area contributed by atoms with Gasteiger partial charge in [-0.05, 0) is 30.0 Å². The number of methoxy groups -OCH3 is 2. The predicted octanol–water partition coefficient (Wildman–Crippen LogP) is 1.44. The summed E-state index contributed by atoms with van der Waals surface area (Å²) in [4.78, 5) is 14.5. The first-order valence-electron chi connectivity index (χ1n) is 8.77. The molecule has 0 radical (unpaired) electrons. The molecule has 138 valence electrons. The zero-order chi connectivity index (χ0) is 17.8. The summed E-state index contributed by atoms with van der Waals surface area (Å²) in [6, 6.07) is 5.87. The van der Waals surface area contributed by atoms with Crippen LogP contribution in [0.15, 0.2) is 18.2 Å². The molecule has 3 atom stereocenters. The quantitative estimate of drug-likeness (QED) is 0.805. The van der Waals surface area contributed by atoms with E-state index in [2.05, 4.69) is 6.07 Å². The van der Waals surface area contributed by atoms with Gasteiger partial charge >= 0.3 is 0 Å². The summed E-state index contributed by atoms with van der Waals surface area (Å²) < 4.78 is 22.3. The molecule has 0 aromatic heterocycles. The van der Waals surface area contributed by atoms with Crippen LogP contribution < -0.4 is 4.74 Å². The highest BCUT2D eigenvalue weighted by Crippen LogP contribution is 2.26. The lowest BCUT2D eigenvalue weighted by Crippen LogP contribution is -2.57. The average Bonchev–Trinajstić information content (AvgIpc) is 2.66. The first-order chi connectivity index (χ1) is 12.1. The van der Waals surface area contributed by atoms with Gasteiger partial charge in [0.25, 0.3) is 0 Å². The Balaban J connectivity index is 1.67. The summed E-state index contributed by atoms with van der Waals surface area (Å²) >= 11 is 0. The van der Waals surface area contributed by atoms with Crippen LogP contribution in [0.1, 0.15) is 17.5 Å². The second-order valence-corrected chi connectivity index (χ2v) is 6.65. The van der Waals surface area contributed by atoms with E-state index in [0.29, 0.717) is 19.6 Å². The summed E-state index contributed by atoms with van der Waals surface area (Å²) in [7, 11) is 5.10. The Bertz CT molecular complexity index is 605. The largest absolute Gasteiger partial charge is 0.493 e. The van der Waals surface area contributed by atoms with Crippen LogP contribution in [0.4, 0.5) is 0 Å².